The van der Waals surface area contributed by atoms with E-state index in [4.69, 9.17) is 10.2 Å². The first kappa shape index (κ1) is 13.8. The summed E-state index contributed by atoms with van der Waals surface area (Å²) in [6, 6.07) is 7.30. The molecule has 0 saturated carbocycles. The minimum absolute atomic E-state index is 0.566. The summed E-state index contributed by atoms with van der Waals surface area (Å²) in [4.78, 5) is 33.1. The van der Waals surface area contributed by atoms with Crippen molar-refractivity contribution in [3.63, 3.8) is 0 Å². The Balaban J connectivity index is 2.42. The third-order valence-electron chi connectivity index (χ3n) is 3.18. The van der Waals surface area contributed by atoms with Gasteiger partial charge in [-0.1, -0.05) is 12.1 Å². The predicted octanol–water partition coefficient (Wildman–Crippen LogP) is 1.51. The number of nitrogens with two attached hydrogens (primary N) is 1. The molecule has 0 unspecified atom stereocenters. The molecule has 0 aliphatic carbocycles. The highest BCUT2D eigenvalue weighted by molar-refractivity contribution is 7.94. The van der Waals surface area contributed by atoms with Crippen molar-refractivity contribution >= 4 is 33.8 Å². The lowest BCUT2D eigenvalue weighted by Crippen LogP contribution is -2.29. The van der Waals surface area contributed by atoms with Gasteiger partial charge in [0.25, 0.3) is 0 Å². The molecule has 0 aliphatic heterocycles. The van der Waals surface area contributed by atoms with Gasteiger partial charge in [-0.25, -0.2) is 0 Å². The number of benzene rings is 2. The summed E-state index contributed by atoms with van der Waals surface area (Å²) in [7, 11) is 0. The number of hydrogen-bond donors (Lipinski definition) is 3. The summed E-state index contributed by atoms with van der Waals surface area (Å²) in [5.41, 5.74) is 0.696. The maximum atomic E-state index is 11.6. The normalized spacial score (nSPS) is 11.3. The molecule has 8 heteroatoms. The van der Waals surface area contributed by atoms with Crippen molar-refractivity contribution in [1.82, 2.24) is 9.97 Å². The molecular weight excluding hydrogens is 294 g/mol. The van der Waals surface area contributed by atoms with Crippen LogP contribution < -0.4 is 17.0 Å². The minimum Gasteiger partial charge on any atom is -0.316 e. The van der Waals surface area contributed by atoms with Gasteiger partial charge in [0.2, 0.25) is 0 Å². The molecule has 0 atom stereocenters. The summed E-state index contributed by atoms with van der Waals surface area (Å²) in [6.07, 6.45) is 0. The van der Waals surface area contributed by atoms with Gasteiger partial charge in [-0.2, -0.15) is 5.90 Å². The van der Waals surface area contributed by atoms with Crippen molar-refractivity contribution in [2.24, 2.45) is 5.90 Å². The summed E-state index contributed by atoms with van der Waals surface area (Å²) >= 11 is 0.969. The second-order valence-electron chi connectivity index (χ2n) is 4.45. The van der Waals surface area contributed by atoms with Crippen LogP contribution in [0.1, 0.15) is 5.56 Å². The van der Waals surface area contributed by atoms with Crippen molar-refractivity contribution in [2.45, 2.75) is 11.8 Å². The van der Waals surface area contributed by atoms with Gasteiger partial charge < -0.3 is 9.97 Å². The number of aromatic amines is 2. The van der Waals surface area contributed by atoms with Crippen LogP contribution in [0.3, 0.4) is 0 Å². The van der Waals surface area contributed by atoms with E-state index in [-0.39, 0.29) is 0 Å². The maximum absolute atomic E-state index is 11.6. The Bertz CT molecular complexity index is 948. The molecule has 3 rings (SSSR count). The van der Waals surface area contributed by atoms with Crippen LogP contribution in [0.5, 0.6) is 0 Å². The number of H-pyrrole nitrogens is 2. The molecule has 0 bridgehead atoms. The molecule has 3 aromatic rings. The van der Waals surface area contributed by atoms with E-state index in [1.807, 2.05) is 25.1 Å². The first-order valence-electron chi connectivity index (χ1n) is 6.00. The van der Waals surface area contributed by atoms with Crippen molar-refractivity contribution in [3.05, 3.63) is 50.5 Å². The van der Waals surface area contributed by atoms with E-state index in [0.29, 0.717) is 11.0 Å². The van der Waals surface area contributed by atoms with E-state index in [1.54, 1.807) is 6.07 Å². The van der Waals surface area contributed by atoms with Gasteiger partial charge in [0.1, 0.15) is 0 Å². The zero-order valence-electron chi connectivity index (χ0n) is 10.9. The van der Waals surface area contributed by atoms with Crippen LogP contribution in [0.2, 0.25) is 0 Å². The third-order valence-corrected chi connectivity index (χ3v) is 3.84. The number of hydrogen-bond acceptors (Lipinski definition) is 6. The Morgan fingerprint density at radius 2 is 1.95 bits per heavy atom. The Hall–Kier alpha value is -2.13. The topological polar surface area (TPSA) is 110 Å². The van der Waals surface area contributed by atoms with Gasteiger partial charge in [0, 0.05) is 15.7 Å². The van der Waals surface area contributed by atoms with E-state index in [0.717, 1.165) is 33.3 Å². The lowest BCUT2D eigenvalue weighted by molar-refractivity contribution is -0.195. The van der Waals surface area contributed by atoms with Crippen LogP contribution >= 0.6 is 12.0 Å². The predicted molar refractivity (Wildman–Crippen MR) is 79.6 cm³/mol. The van der Waals surface area contributed by atoms with Gasteiger partial charge in [0.05, 0.1) is 23.1 Å². The Labute approximate surface area is 122 Å². The Morgan fingerprint density at radius 1 is 1.19 bits per heavy atom. The Kier molecular flexibility index (Phi) is 3.52. The maximum Gasteiger partial charge on any atom is 0.314 e. The molecule has 0 spiro atoms. The van der Waals surface area contributed by atoms with Crippen LogP contribution in [-0.4, -0.2) is 9.97 Å². The first-order valence-corrected chi connectivity index (χ1v) is 6.74. The summed E-state index contributed by atoms with van der Waals surface area (Å²) < 4.78 is 4.70. The van der Waals surface area contributed by atoms with Gasteiger partial charge in [-0.05, 0) is 24.6 Å². The second-order valence-corrected chi connectivity index (χ2v) is 5.19. The standard InChI is InChI=1S/C13H11N3O4S/c1-6-5-8-11(16-13(18)12(17)15-8)7-3-2-4-9(10(6)7)21-20-19-14/h2-5H,14H2,1H3,(H,15,17)(H,16,18). The second kappa shape index (κ2) is 5.34. The molecule has 0 amide bonds. The molecule has 21 heavy (non-hydrogen) atoms. The van der Waals surface area contributed by atoms with E-state index < -0.39 is 11.1 Å². The Morgan fingerprint density at radius 3 is 2.71 bits per heavy atom. The first-order chi connectivity index (χ1) is 10.1. The fraction of sp³-hybridized carbons (Fsp3) is 0.0769. The third kappa shape index (κ3) is 2.34. The highest BCUT2D eigenvalue weighted by atomic mass is 32.2. The number of nitrogens with one attached hydrogen (secondary N) is 2. The van der Waals surface area contributed by atoms with Gasteiger partial charge in [-0.15, -0.1) is 9.32 Å². The number of aromatic nitrogens is 2. The highest BCUT2D eigenvalue weighted by Gasteiger charge is 2.11. The molecular formula is C13H11N3O4S. The quantitative estimate of drug-likeness (QED) is 0.222. The van der Waals surface area contributed by atoms with Crippen molar-refractivity contribution < 1.29 is 9.32 Å². The summed E-state index contributed by atoms with van der Waals surface area (Å²) in [5.74, 6) is 4.86. The SMILES string of the molecule is Cc1cc2[nH]c(=O)c(=O)[nH]c2c2cccc(SOON)c12. The van der Waals surface area contributed by atoms with E-state index in [1.165, 1.54) is 0 Å². The van der Waals surface area contributed by atoms with Crippen molar-refractivity contribution in [1.29, 1.82) is 0 Å². The molecule has 108 valence electrons. The molecule has 0 radical (unpaired) electrons. The van der Waals surface area contributed by atoms with Crippen LogP contribution in [-0.2, 0) is 9.32 Å². The zero-order chi connectivity index (χ0) is 15.0. The molecule has 2 aromatic carbocycles. The summed E-state index contributed by atoms with van der Waals surface area (Å²) in [5, 5.41) is 1.68. The molecule has 0 saturated heterocycles. The van der Waals surface area contributed by atoms with Gasteiger partial charge >= 0.3 is 11.1 Å². The zero-order valence-corrected chi connectivity index (χ0v) is 11.7. The lowest BCUT2D eigenvalue weighted by Gasteiger charge is -2.10. The fourth-order valence-electron chi connectivity index (χ4n) is 2.36. The van der Waals surface area contributed by atoms with E-state index in [2.05, 4.69) is 15.0 Å². The van der Waals surface area contributed by atoms with Crippen molar-refractivity contribution in [3.8, 4) is 0 Å². The lowest BCUT2D eigenvalue weighted by atomic mass is 10.0. The molecule has 4 N–H and O–H groups in total. The number of fused-ring (bicyclic) bond motifs is 3. The number of aryl methyl sites for hydroxylation is 1. The number of rotatable bonds is 3. The average molecular weight is 305 g/mol. The highest BCUT2D eigenvalue weighted by Crippen LogP contribution is 2.33. The van der Waals surface area contributed by atoms with Crippen LogP contribution in [0, 0.1) is 6.92 Å². The molecule has 0 aliphatic rings. The van der Waals surface area contributed by atoms with Crippen LogP contribution in [0.15, 0.2) is 38.8 Å². The fourth-order valence-corrected chi connectivity index (χ4v) is 2.96. The summed E-state index contributed by atoms with van der Waals surface area (Å²) in [6.45, 7) is 1.90. The monoisotopic (exact) mass is 305 g/mol. The molecule has 1 aromatic heterocycles. The average Bonchev–Trinajstić information content (AvgIpc) is 2.47. The van der Waals surface area contributed by atoms with Crippen molar-refractivity contribution in [2.75, 3.05) is 0 Å². The van der Waals surface area contributed by atoms with Gasteiger partial charge in [0.15, 0.2) is 0 Å². The minimum atomic E-state index is -0.688. The molecule has 7 nitrogen and oxygen atoms in total. The van der Waals surface area contributed by atoms with Gasteiger partial charge in [-0.3, -0.25) is 9.59 Å². The van der Waals surface area contributed by atoms with E-state index in [9.17, 15) is 9.59 Å². The smallest absolute Gasteiger partial charge is 0.314 e. The van der Waals surface area contributed by atoms with E-state index >= 15 is 0 Å². The largest absolute Gasteiger partial charge is 0.316 e. The van der Waals surface area contributed by atoms with Crippen LogP contribution in [0.4, 0.5) is 0 Å². The molecule has 1 heterocycles. The molecule has 0 fully saturated rings. The van der Waals surface area contributed by atoms with Crippen LogP contribution in [0.25, 0.3) is 21.8 Å².